The third-order valence-electron chi connectivity index (χ3n) is 2.73. The molecule has 0 saturated carbocycles. The van der Waals surface area contributed by atoms with E-state index in [-0.39, 0.29) is 5.88 Å². The van der Waals surface area contributed by atoms with Gasteiger partial charge in [-0.05, 0) is 25.0 Å². The molecule has 0 amide bonds. The molecule has 2 rings (SSSR count). The van der Waals surface area contributed by atoms with E-state index in [4.69, 9.17) is 9.84 Å². The first-order valence-corrected chi connectivity index (χ1v) is 5.69. The van der Waals surface area contributed by atoms with Crippen molar-refractivity contribution in [1.29, 1.82) is 0 Å². The Morgan fingerprint density at radius 3 is 2.84 bits per heavy atom. The van der Waals surface area contributed by atoms with Crippen molar-refractivity contribution < 1.29 is 14.6 Å². The molecule has 0 atom stereocenters. The summed E-state index contributed by atoms with van der Waals surface area (Å²) in [5.74, 6) is 0.157. The molecule has 1 heterocycles. The van der Waals surface area contributed by atoms with Crippen molar-refractivity contribution in [2.24, 2.45) is 0 Å². The zero-order valence-electron chi connectivity index (χ0n) is 10.8. The molecule has 2 aromatic rings. The van der Waals surface area contributed by atoms with Gasteiger partial charge in [0.1, 0.15) is 6.33 Å². The van der Waals surface area contributed by atoms with Crippen LogP contribution >= 0.6 is 0 Å². The van der Waals surface area contributed by atoms with E-state index in [0.717, 1.165) is 22.4 Å². The number of allylic oxidation sites excluding steroid dienone is 1. The highest BCUT2D eigenvalue weighted by atomic mass is 16.7. The highest BCUT2D eigenvalue weighted by Gasteiger charge is 2.14. The van der Waals surface area contributed by atoms with E-state index in [1.807, 2.05) is 32.0 Å². The number of rotatable bonds is 3. The topological polar surface area (TPSA) is 64.4 Å². The molecule has 0 aliphatic carbocycles. The van der Waals surface area contributed by atoms with Crippen molar-refractivity contribution >= 4 is 11.7 Å². The monoisotopic (exact) mass is 258 g/mol. The summed E-state index contributed by atoms with van der Waals surface area (Å²) in [6, 6.07) is 5.79. The fourth-order valence-corrected chi connectivity index (χ4v) is 1.94. The number of benzene rings is 1. The van der Waals surface area contributed by atoms with Crippen LogP contribution in [0, 0.1) is 6.92 Å². The summed E-state index contributed by atoms with van der Waals surface area (Å²) in [5, 5.41) is 8.72. The molecule has 0 fully saturated rings. The molecule has 5 heteroatoms. The van der Waals surface area contributed by atoms with Gasteiger partial charge >= 0.3 is 6.16 Å². The quantitative estimate of drug-likeness (QED) is 0.858. The van der Waals surface area contributed by atoms with E-state index < -0.39 is 6.16 Å². The third-order valence-corrected chi connectivity index (χ3v) is 2.73. The van der Waals surface area contributed by atoms with Crippen LogP contribution in [0.1, 0.15) is 18.1 Å². The lowest BCUT2D eigenvalue weighted by Crippen LogP contribution is -2.08. The fraction of sp³-hybridized carbons (Fsp3) is 0.143. The summed E-state index contributed by atoms with van der Waals surface area (Å²) in [6.45, 7) is 7.77. The van der Waals surface area contributed by atoms with Gasteiger partial charge in [-0.25, -0.2) is 9.78 Å². The van der Waals surface area contributed by atoms with Crippen molar-refractivity contribution in [2.45, 2.75) is 13.8 Å². The van der Waals surface area contributed by atoms with Gasteiger partial charge in [0.25, 0.3) is 0 Å². The Hall–Kier alpha value is -2.56. The van der Waals surface area contributed by atoms with Crippen LogP contribution in [0.15, 0.2) is 37.3 Å². The first-order chi connectivity index (χ1) is 9.00. The van der Waals surface area contributed by atoms with Gasteiger partial charge in [-0.1, -0.05) is 24.8 Å². The van der Waals surface area contributed by atoms with E-state index >= 15 is 0 Å². The second kappa shape index (κ2) is 4.97. The molecule has 0 aliphatic rings. The van der Waals surface area contributed by atoms with Gasteiger partial charge < -0.3 is 9.84 Å². The van der Waals surface area contributed by atoms with Gasteiger partial charge in [0.15, 0.2) is 0 Å². The van der Waals surface area contributed by atoms with Crippen LogP contribution in [0.4, 0.5) is 4.79 Å². The molecule has 0 radical (unpaired) electrons. The van der Waals surface area contributed by atoms with Crippen LogP contribution in [-0.2, 0) is 0 Å². The Morgan fingerprint density at radius 1 is 1.47 bits per heavy atom. The van der Waals surface area contributed by atoms with Crippen molar-refractivity contribution in [3.8, 4) is 11.6 Å². The maximum absolute atomic E-state index is 10.7. The van der Waals surface area contributed by atoms with Gasteiger partial charge in [-0.3, -0.25) is 4.57 Å². The summed E-state index contributed by atoms with van der Waals surface area (Å²) >= 11 is 0. The number of aromatic nitrogens is 2. The number of hydrogen-bond donors (Lipinski definition) is 1. The smallest absolute Gasteiger partial charge is 0.449 e. The lowest BCUT2D eigenvalue weighted by Gasteiger charge is -2.15. The van der Waals surface area contributed by atoms with Crippen LogP contribution in [-0.4, -0.2) is 20.8 Å². The average Bonchev–Trinajstić information content (AvgIpc) is 2.75. The van der Waals surface area contributed by atoms with E-state index in [9.17, 15) is 4.79 Å². The minimum absolute atomic E-state index is 0.157. The standard InChI is InChI=1S/C14H14N2O3/c1-9(2)11-6-4-5-10(3)13(11)16-8-15-7-12(16)19-14(17)18/h4-8H,1H2,2-3H3,(H,17,18). The zero-order valence-corrected chi connectivity index (χ0v) is 10.8. The second-order valence-electron chi connectivity index (χ2n) is 4.22. The van der Waals surface area contributed by atoms with Crippen LogP contribution in [0.5, 0.6) is 5.88 Å². The number of hydrogen-bond acceptors (Lipinski definition) is 3. The summed E-state index contributed by atoms with van der Waals surface area (Å²) in [5.41, 5.74) is 3.61. The fourth-order valence-electron chi connectivity index (χ4n) is 1.94. The average molecular weight is 258 g/mol. The number of nitrogens with zero attached hydrogens (tertiary/aromatic N) is 2. The van der Waals surface area contributed by atoms with Crippen LogP contribution in [0.3, 0.4) is 0 Å². The number of carbonyl (C=O) groups is 1. The molecule has 0 aliphatic heterocycles. The first kappa shape index (κ1) is 12.9. The molecular formula is C14H14N2O3. The molecule has 1 aromatic heterocycles. The van der Waals surface area contributed by atoms with Crippen LogP contribution < -0.4 is 4.74 Å². The summed E-state index contributed by atoms with van der Waals surface area (Å²) < 4.78 is 6.32. The predicted molar refractivity (Wildman–Crippen MR) is 71.7 cm³/mol. The van der Waals surface area contributed by atoms with Crippen LogP contribution in [0.2, 0.25) is 0 Å². The summed E-state index contributed by atoms with van der Waals surface area (Å²) in [4.78, 5) is 14.6. The highest BCUT2D eigenvalue weighted by molar-refractivity contribution is 5.72. The molecule has 0 spiro atoms. The molecule has 5 nitrogen and oxygen atoms in total. The lowest BCUT2D eigenvalue weighted by molar-refractivity contribution is 0.141. The summed E-state index contributed by atoms with van der Waals surface area (Å²) in [6.07, 6.45) is 1.52. The number of ether oxygens (including phenoxy) is 1. The largest absolute Gasteiger partial charge is 0.512 e. The molecule has 0 saturated heterocycles. The molecular weight excluding hydrogens is 244 g/mol. The number of carboxylic acid groups (broad SMARTS) is 1. The molecule has 0 bridgehead atoms. The molecule has 1 aromatic carbocycles. The SMILES string of the molecule is C=C(C)c1cccc(C)c1-n1cncc1OC(=O)O. The lowest BCUT2D eigenvalue weighted by atomic mass is 10.0. The Bertz CT molecular complexity index is 644. The van der Waals surface area contributed by atoms with Gasteiger partial charge in [0, 0.05) is 5.56 Å². The minimum atomic E-state index is -1.37. The third kappa shape index (κ3) is 2.49. The molecule has 0 unspecified atom stereocenters. The predicted octanol–water partition coefficient (Wildman–Crippen LogP) is 3.27. The number of para-hydroxylation sites is 1. The second-order valence-corrected chi connectivity index (χ2v) is 4.22. The minimum Gasteiger partial charge on any atom is -0.449 e. The Labute approximate surface area is 110 Å². The van der Waals surface area contributed by atoms with Gasteiger partial charge in [0.05, 0.1) is 11.9 Å². The number of aryl methyl sites for hydroxylation is 1. The molecule has 1 N–H and O–H groups in total. The molecule has 19 heavy (non-hydrogen) atoms. The van der Waals surface area contributed by atoms with Crippen molar-refractivity contribution in [3.05, 3.63) is 48.4 Å². The van der Waals surface area contributed by atoms with Gasteiger partial charge in [-0.2, -0.15) is 0 Å². The zero-order chi connectivity index (χ0) is 14.0. The van der Waals surface area contributed by atoms with Gasteiger partial charge in [-0.15, -0.1) is 0 Å². The van der Waals surface area contributed by atoms with E-state index in [0.29, 0.717) is 0 Å². The Morgan fingerprint density at radius 2 is 2.21 bits per heavy atom. The normalized spacial score (nSPS) is 10.2. The Balaban J connectivity index is 2.62. The molecule has 98 valence electrons. The number of imidazole rings is 1. The van der Waals surface area contributed by atoms with Gasteiger partial charge in [0.2, 0.25) is 5.88 Å². The van der Waals surface area contributed by atoms with Crippen LogP contribution in [0.25, 0.3) is 11.3 Å². The van der Waals surface area contributed by atoms with E-state index in [2.05, 4.69) is 11.6 Å². The Kier molecular flexibility index (Phi) is 3.37. The van der Waals surface area contributed by atoms with E-state index in [1.165, 1.54) is 12.5 Å². The maximum atomic E-state index is 10.7. The van der Waals surface area contributed by atoms with E-state index in [1.54, 1.807) is 4.57 Å². The van der Waals surface area contributed by atoms with Crippen molar-refractivity contribution in [2.75, 3.05) is 0 Å². The van der Waals surface area contributed by atoms with Crippen molar-refractivity contribution in [3.63, 3.8) is 0 Å². The first-order valence-electron chi connectivity index (χ1n) is 5.69. The maximum Gasteiger partial charge on any atom is 0.512 e. The van der Waals surface area contributed by atoms with Crippen molar-refractivity contribution in [1.82, 2.24) is 9.55 Å². The highest BCUT2D eigenvalue weighted by Crippen LogP contribution is 2.28. The summed E-state index contributed by atoms with van der Waals surface area (Å²) in [7, 11) is 0.